The van der Waals surface area contributed by atoms with Crippen molar-refractivity contribution >= 4 is 28.4 Å². The first-order chi connectivity index (χ1) is 21.3. The van der Waals surface area contributed by atoms with E-state index < -0.39 is 5.41 Å². The number of nitrogens with zero attached hydrogens (tertiary/aromatic N) is 1. The molecule has 6 rings (SSSR count). The molecule has 1 atom stereocenters. The first kappa shape index (κ1) is 29.4. The number of ketones is 2. The van der Waals surface area contributed by atoms with E-state index in [1.54, 1.807) is 48.7 Å². The number of methoxy groups -OCH3 is 1. The number of hydrogen-bond donors (Lipinski definition) is 2. The Labute approximate surface area is 255 Å². The average Bonchev–Trinajstić information content (AvgIpc) is 3.70. The maximum Gasteiger partial charge on any atom is 0.255 e. The highest BCUT2D eigenvalue weighted by Gasteiger charge is 2.54. The van der Waals surface area contributed by atoms with Gasteiger partial charge in [-0.2, -0.15) is 0 Å². The van der Waals surface area contributed by atoms with E-state index in [4.69, 9.17) is 9.47 Å². The Kier molecular flexibility index (Phi) is 8.39. The van der Waals surface area contributed by atoms with Gasteiger partial charge in [0.25, 0.3) is 5.91 Å². The number of aromatic nitrogens is 1. The predicted molar refractivity (Wildman–Crippen MR) is 164 cm³/mol. The molecule has 0 bridgehead atoms. The quantitative estimate of drug-likeness (QED) is 0.213. The van der Waals surface area contributed by atoms with Crippen molar-refractivity contribution in [1.82, 2.24) is 15.6 Å². The highest BCUT2D eigenvalue weighted by atomic mass is 19.1. The summed E-state index contributed by atoms with van der Waals surface area (Å²) in [4.78, 5) is 43.7. The highest BCUT2D eigenvalue weighted by Crippen LogP contribution is 2.49. The van der Waals surface area contributed by atoms with Crippen LogP contribution in [0.25, 0.3) is 10.9 Å². The lowest BCUT2D eigenvalue weighted by atomic mass is 9.88. The Hall–Kier alpha value is -4.63. The first-order valence-corrected chi connectivity index (χ1v) is 14.9. The molecule has 44 heavy (non-hydrogen) atoms. The second-order valence-electron chi connectivity index (χ2n) is 11.5. The number of carbonyl (C=O) groups is 3. The van der Waals surface area contributed by atoms with Crippen LogP contribution in [-0.4, -0.2) is 48.7 Å². The minimum Gasteiger partial charge on any atom is -0.496 e. The maximum atomic E-state index is 13.2. The second kappa shape index (κ2) is 12.5. The molecule has 1 saturated carbocycles. The van der Waals surface area contributed by atoms with E-state index in [2.05, 4.69) is 15.6 Å². The number of ether oxygens (including phenoxy) is 2. The maximum absolute atomic E-state index is 13.2. The molecule has 2 fully saturated rings. The summed E-state index contributed by atoms with van der Waals surface area (Å²) in [5.74, 6) is 0.708. The van der Waals surface area contributed by atoms with Crippen LogP contribution in [-0.2, 0) is 22.4 Å². The van der Waals surface area contributed by atoms with Gasteiger partial charge < -0.3 is 20.1 Å². The van der Waals surface area contributed by atoms with Gasteiger partial charge in [-0.15, -0.1) is 0 Å². The summed E-state index contributed by atoms with van der Waals surface area (Å²) in [7, 11) is 1.52. The van der Waals surface area contributed by atoms with E-state index in [0.717, 1.165) is 24.9 Å². The zero-order valence-electron chi connectivity index (χ0n) is 24.5. The molecule has 2 aliphatic rings. The van der Waals surface area contributed by atoms with Gasteiger partial charge in [-0.1, -0.05) is 24.3 Å². The van der Waals surface area contributed by atoms with E-state index in [-0.39, 0.29) is 42.2 Å². The molecule has 2 heterocycles. The largest absolute Gasteiger partial charge is 0.496 e. The zero-order valence-corrected chi connectivity index (χ0v) is 24.5. The molecule has 2 N–H and O–H groups in total. The van der Waals surface area contributed by atoms with Gasteiger partial charge in [0.2, 0.25) is 0 Å². The Morgan fingerprint density at radius 3 is 2.25 bits per heavy atom. The number of rotatable bonds is 12. The summed E-state index contributed by atoms with van der Waals surface area (Å²) in [6.07, 6.45) is 5.11. The van der Waals surface area contributed by atoms with Crippen molar-refractivity contribution in [2.75, 3.05) is 20.2 Å². The summed E-state index contributed by atoms with van der Waals surface area (Å²) in [5.41, 5.74) is 1.55. The smallest absolute Gasteiger partial charge is 0.255 e. The molecular formula is C35H34FN3O5. The van der Waals surface area contributed by atoms with E-state index >= 15 is 0 Å². The van der Waals surface area contributed by atoms with Crippen LogP contribution in [0.1, 0.15) is 47.2 Å². The van der Waals surface area contributed by atoms with Crippen LogP contribution in [0.4, 0.5) is 4.39 Å². The van der Waals surface area contributed by atoms with Crippen molar-refractivity contribution in [2.45, 2.75) is 44.6 Å². The Morgan fingerprint density at radius 1 is 0.955 bits per heavy atom. The Morgan fingerprint density at radius 2 is 1.64 bits per heavy atom. The standard InChI is InChI=1S/C35H34FN3O5/c1-43-31-20-29-27(19-28(31)34(42)39-21-25-3-2-15-37-25)30(12-16-38-29)44-26-10-6-23(7-11-26)18-33(41)35(13-14-35)32(40)17-22-4-8-24(36)9-5-22/h4-12,16,19-20,25,37H,2-3,13-15,17-18,21H2,1H3,(H,39,42)/t25-/m1/s1. The average molecular weight is 596 g/mol. The Bertz CT molecular complexity index is 1690. The fourth-order valence-corrected chi connectivity index (χ4v) is 5.78. The number of nitrogens with one attached hydrogen (secondary N) is 2. The van der Waals surface area contributed by atoms with Gasteiger partial charge in [-0.3, -0.25) is 19.4 Å². The molecule has 1 aliphatic carbocycles. The SMILES string of the molecule is COc1cc2nccc(Oc3ccc(CC(=O)C4(C(=O)Cc5ccc(F)cc5)CC4)cc3)c2cc1C(=O)NC[C@H]1CCCN1. The highest BCUT2D eigenvalue weighted by molar-refractivity contribution is 6.11. The number of benzene rings is 3. The molecule has 1 aliphatic heterocycles. The van der Waals surface area contributed by atoms with Gasteiger partial charge in [0.05, 0.1) is 23.6 Å². The number of fused-ring (bicyclic) bond motifs is 1. The van der Waals surface area contributed by atoms with Crippen LogP contribution >= 0.6 is 0 Å². The number of pyridine rings is 1. The van der Waals surface area contributed by atoms with Gasteiger partial charge in [-0.25, -0.2) is 4.39 Å². The number of hydrogen-bond acceptors (Lipinski definition) is 7. The third kappa shape index (κ3) is 6.33. The van der Waals surface area contributed by atoms with Crippen molar-refractivity contribution < 1.29 is 28.2 Å². The summed E-state index contributed by atoms with van der Waals surface area (Å²) in [6, 6.07) is 18.5. The van der Waals surface area contributed by atoms with Crippen LogP contribution < -0.4 is 20.1 Å². The van der Waals surface area contributed by atoms with Crippen LogP contribution in [0.15, 0.2) is 72.9 Å². The summed E-state index contributed by atoms with van der Waals surface area (Å²) in [6.45, 7) is 1.50. The lowest BCUT2D eigenvalue weighted by Gasteiger charge is -2.15. The number of amides is 1. The van der Waals surface area contributed by atoms with E-state index in [9.17, 15) is 18.8 Å². The van der Waals surface area contributed by atoms with Gasteiger partial charge in [0.1, 0.15) is 23.1 Å². The topological polar surface area (TPSA) is 107 Å². The second-order valence-corrected chi connectivity index (χ2v) is 11.5. The lowest BCUT2D eigenvalue weighted by molar-refractivity contribution is -0.133. The molecule has 3 aromatic carbocycles. The fraction of sp³-hybridized carbons (Fsp3) is 0.314. The van der Waals surface area contributed by atoms with Crippen molar-refractivity contribution in [1.29, 1.82) is 0 Å². The molecular weight excluding hydrogens is 561 g/mol. The minimum absolute atomic E-state index is 0.0955. The van der Waals surface area contributed by atoms with Gasteiger partial charge in [0, 0.05) is 43.1 Å². The Balaban J connectivity index is 1.13. The van der Waals surface area contributed by atoms with Gasteiger partial charge in [0.15, 0.2) is 11.6 Å². The van der Waals surface area contributed by atoms with Crippen molar-refractivity contribution in [3.8, 4) is 17.2 Å². The monoisotopic (exact) mass is 595 g/mol. The first-order valence-electron chi connectivity index (χ1n) is 14.9. The van der Waals surface area contributed by atoms with Crippen LogP contribution in [0.3, 0.4) is 0 Å². The molecule has 226 valence electrons. The van der Waals surface area contributed by atoms with Crippen molar-refractivity contribution in [2.24, 2.45) is 5.41 Å². The van der Waals surface area contributed by atoms with Gasteiger partial charge in [-0.05, 0) is 79.8 Å². The van der Waals surface area contributed by atoms with E-state index in [1.807, 2.05) is 12.1 Å². The molecule has 0 spiro atoms. The predicted octanol–water partition coefficient (Wildman–Crippen LogP) is 5.36. The number of halogens is 1. The summed E-state index contributed by atoms with van der Waals surface area (Å²) < 4.78 is 24.9. The van der Waals surface area contributed by atoms with E-state index in [0.29, 0.717) is 58.7 Å². The zero-order chi connectivity index (χ0) is 30.7. The number of carbonyl (C=O) groups excluding carboxylic acids is 3. The number of Topliss-reactive ketones (excluding diaryl/α,β-unsaturated/α-hetero) is 2. The minimum atomic E-state index is -0.946. The van der Waals surface area contributed by atoms with Crippen molar-refractivity contribution in [3.63, 3.8) is 0 Å². The third-order valence-corrected chi connectivity index (χ3v) is 8.55. The molecule has 1 amide bonds. The summed E-state index contributed by atoms with van der Waals surface area (Å²) in [5, 5.41) is 7.04. The third-order valence-electron chi connectivity index (χ3n) is 8.55. The molecule has 1 aromatic heterocycles. The van der Waals surface area contributed by atoms with Crippen LogP contribution in [0.5, 0.6) is 17.2 Å². The van der Waals surface area contributed by atoms with E-state index in [1.165, 1.54) is 19.2 Å². The van der Waals surface area contributed by atoms with Crippen LogP contribution in [0, 0.1) is 11.2 Å². The normalized spacial score (nSPS) is 16.8. The molecule has 0 unspecified atom stereocenters. The lowest BCUT2D eigenvalue weighted by Crippen LogP contribution is -2.37. The molecule has 8 nitrogen and oxygen atoms in total. The molecule has 1 saturated heterocycles. The molecule has 0 radical (unpaired) electrons. The summed E-state index contributed by atoms with van der Waals surface area (Å²) >= 11 is 0. The van der Waals surface area contributed by atoms with Gasteiger partial charge >= 0.3 is 0 Å². The van der Waals surface area contributed by atoms with Crippen LogP contribution in [0.2, 0.25) is 0 Å². The van der Waals surface area contributed by atoms with Crippen molar-refractivity contribution in [3.05, 3.63) is 95.4 Å². The molecule has 9 heteroatoms. The fourth-order valence-electron chi connectivity index (χ4n) is 5.78. The molecule has 4 aromatic rings.